The second-order valence-corrected chi connectivity index (χ2v) is 4.88. The van der Waals surface area contributed by atoms with E-state index < -0.39 is 0 Å². The zero-order chi connectivity index (χ0) is 11.4. The summed E-state index contributed by atoms with van der Waals surface area (Å²) < 4.78 is 0. The SMILES string of the molecule is Cc1ccc(CCC(O)c2ccsc2)cc1. The van der Waals surface area contributed by atoms with Gasteiger partial charge in [0, 0.05) is 0 Å². The molecule has 84 valence electrons. The van der Waals surface area contributed by atoms with Crippen LogP contribution in [-0.4, -0.2) is 5.11 Å². The van der Waals surface area contributed by atoms with Crippen LogP contribution in [0.3, 0.4) is 0 Å². The van der Waals surface area contributed by atoms with Crippen LogP contribution in [0.2, 0.25) is 0 Å². The number of thiophene rings is 1. The van der Waals surface area contributed by atoms with E-state index in [0.717, 1.165) is 18.4 Å². The van der Waals surface area contributed by atoms with Crippen LogP contribution in [0.25, 0.3) is 0 Å². The third-order valence-corrected chi connectivity index (χ3v) is 3.46. The van der Waals surface area contributed by atoms with Gasteiger partial charge in [0.25, 0.3) is 0 Å². The minimum Gasteiger partial charge on any atom is -0.388 e. The fourth-order valence-corrected chi connectivity index (χ4v) is 2.40. The van der Waals surface area contributed by atoms with E-state index >= 15 is 0 Å². The van der Waals surface area contributed by atoms with E-state index in [2.05, 4.69) is 31.2 Å². The average Bonchev–Trinajstić information content (AvgIpc) is 2.81. The lowest BCUT2D eigenvalue weighted by Crippen LogP contribution is -1.98. The highest BCUT2D eigenvalue weighted by molar-refractivity contribution is 7.07. The molecule has 0 saturated carbocycles. The second kappa shape index (κ2) is 5.28. The Kier molecular flexibility index (Phi) is 3.75. The third-order valence-electron chi connectivity index (χ3n) is 2.76. The highest BCUT2D eigenvalue weighted by Crippen LogP contribution is 2.21. The van der Waals surface area contributed by atoms with Crippen molar-refractivity contribution in [1.29, 1.82) is 0 Å². The maximum atomic E-state index is 9.93. The Balaban J connectivity index is 1.90. The molecule has 1 heterocycles. The maximum absolute atomic E-state index is 9.93. The van der Waals surface area contributed by atoms with Crippen molar-refractivity contribution in [3.8, 4) is 0 Å². The molecule has 1 nitrogen and oxygen atoms in total. The molecular formula is C14H16OS. The van der Waals surface area contributed by atoms with E-state index in [4.69, 9.17) is 0 Å². The standard InChI is InChI=1S/C14H16OS/c1-11-2-4-12(5-3-11)6-7-14(15)13-8-9-16-10-13/h2-5,8-10,14-15H,6-7H2,1H3. The summed E-state index contributed by atoms with van der Waals surface area (Å²) in [5, 5.41) is 14.0. The zero-order valence-electron chi connectivity index (χ0n) is 9.39. The smallest absolute Gasteiger partial charge is 0.0801 e. The van der Waals surface area contributed by atoms with Crippen LogP contribution < -0.4 is 0 Å². The van der Waals surface area contributed by atoms with Gasteiger partial charge < -0.3 is 5.11 Å². The summed E-state index contributed by atoms with van der Waals surface area (Å²) in [7, 11) is 0. The van der Waals surface area contributed by atoms with Gasteiger partial charge in [-0.2, -0.15) is 11.3 Å². The van der Waals surface area contributed by atoms with Crippen molar-refractivity contribution < 1.29 is 5.11 Å². The first-order chi connectivity index (χ1) is 7.75. The molecule has 2 aromatic rings. The largest absolute Gasteiger partial charge is 0.388 e. The number of rotatable bonds is 4. The van der Waals surface area contributed by atoms with Gasteiger partial charge in [-0.25, -0.2) is 0 Å². The van der Waals surface area contributed by atoms with Gasteiger partial charge >= 0.3 is 0 Å². The van der Waals surface area contributed by atoms with Crippen LogP contribution in [0.5, 0.6) is 0 Å². The number of aliphatic hydroxyl groups excluding tert-OH is 1. The molecule has 2 heteroatoms. The summed E-state index contributed by atoms with van der Waals surface area (Å²) in [6.45, 7) is 2.09. The summed E-state index contributed by atoms with van der Waals surface area (Å²) in [5.41, 5.74) is 3.61. The van der Waals surface area contributed by atoms with E-state index in [1.54, 1.807) is 11.3 Å². The van der Waals surface area contributed by atoms with Crippen LogP contribution in [0.1, 0.15) is 29.2 Å². The molecule has 0 aliphatic carbocycles. The predicted molar refractivity (Wildman–Crippen MR) is 68.8 cm³/mol. The quantitative estimate of drug-likeness (QED) is 0.851. The summed E-state index contributed by atoms with van der Waals surface area (Å²) in [4.78, 5) is 0. The minimum absolute atomic E-state index is 0.326. The van der Waals surface area contributed by atoms with E-state index in [1.807, 2.05) is 16.8 Å². The van der Waals surface area contributed by atoms with Gasteiger partial charge in [0.05, 0.1) is 6.10 Å². The number of benzene rings is 1. The Morgan fingerprint density at radius 2 is 1.94 bits per heavy atom. The molecule has 0 spiro atoms. The fourth-order valence-electron chi connectivity index (χ4n) is 1.69. The van der Waals surface area contributed by atoms with Crippen molar-refractivity contribution in [3.05, 3.63) is 57.8 Å². The Morgan fingerprint density at radius 1 is 1.19 bits per heavy atom. The second-order valence-electron chi connectivity index (χ2n) is 4.10. The van der Waals surface area contributed by atoms with Gasteiger partial charge in [-0.3, -0.25) is 0 Å². The maximum Gasteiger partial charge on any atom is 0.0801 e. The van der Waals surface area contributed by atoms with Gasteiger partial charge in [0.15, 0.2) is 0 Å². The van der Waals surface area contributed by atoms with Crippen molar-refractivity contribution in [2.24, 2.45) is 0 Å². The van der Waals surface area contributed by atoms with Gasteiger partial charge in [-0.05, 0) is 47.7 Å². The van der Waals surface area contributed by atoms with Crippen LogP contribution in [-0.2, 0) is 6.42 Å². The van der Waals surface area contributed by atoms with Crippen molar-refractivity contribution >= 4 is 11.3 Å². The fraction of sp³-hybridized carbons (Fsp3) is 0.286. The summed E-state index contributed by atoms with van der Waals surface area (Å²) in [6, 6.07) is 10.5. The molecule has 1 aromatic heterocycles. The number of aryl methyl sites for hydroxylation is 2. The molecule has 1 unspecified atom stereocenters. The molecule has 0 bridgehead atoms. The van der Waals surface area contributed by atoms with Crippen molar-refractivity contribution in [2.75, 3.05) is 0 Å². The summed E-state index contributed by atoms with van der Waals surface area (Å²) in [6.07, 6.45) is 1.39. The van der Waals surface area contributed by atoms with Crippen molar-refractivity contribution in [2.45, 2.75) is 25.9 Å². The Labute approximate surface area is 100 Å². The number of aliphatic hydroxyl groups is 1. The van der Waals surface area contributed by atoms with Crippen LogP contribution >= 0.6 is 11.3 Å². The summed E-state index contributed by atoms with van der Waals surface area (Å²) in [5.74, 6) is 0. The lowest BCUT2D eigenvalue weighted by Gasteiger charge is -2.08. The molecule has 16 heavy (non-hydrogen) atoms. The van der Waals surface area contributed by atoms with Gasteiger partial charge in [0.2, 0.25) is 0 Å². The van der Waals surface area contributed by atoms with Crippen LogP contribution in [0, 0.1) is 6.92 Å². The van der Waals surface area contributed by atoms with Crippen molar-refractivity contribution in [1.82, 2.24) is 0 Å². The molecule has 1 N–H and O–H groups in total. The molecule has 2 rings (SSSR count). The number of hydrogen-bond donors (Lipinski definition) is 1. The molecule has 0 radical (unpaired) electrons. The zero-order valence-corrected chi connectivity index (χ0v) is 10.2. The Bertz CT molecular complexity index is 417. The van der Waals surface area contributed by atoms with E-state index in [-0.39, 0.29) is 6.10 Å². The monoisotopic (exact) mass is 232 g/mol. The van der Waals surface area contributed by atoms with E-state index in [9.17, 15) is 5.11 Å². The molecule has 0 aliphatic rings. The first kappa shape index (κ1) is 11.4. The van der Waals surface area contributed by atoms with Crippen LogP contribution in [0.15, 0.2) is 41.1 Å². The average molecular weight is 232 g/mol. The highest BCUT2D eigenvalue weighted by Gasteiger charge is 2.07. The van der Waals surface area contributed by atoms with Gasteiger partial charge in [-0.15, -0.1) is 0 Å². The molecule has 0 saturated heterocycles. The molecule has 1 atom stereocenters. The number of hydrogen-bond acceptors (Lipinski definition) is 2. The first-order valence-electron chi connectivity index (χ1n) is 5.51. The topological polar surface area (TPSA) is 20.2 Å². The Hall–Kier alpha value is -1.12. The first-order valence-corrected chi connectivity index (χ1v) is 6.45. The lowest BCUT2D eigenvalue weighted by atomic mass is 10.0. The van der Waals surface area contributed by atoms with Crippen molar-refractivity contribution in [3.63, 3.8) is 0 Å². The highest BCUT2D eigenvalue weighted by atomic mass is 32.1. The summed E-state index contributed by atoms with van der Waals surface area (Å²) >= 11 is 1.63. The molecular weight excluding hydrogens is 216 g/mol. The lowest BCUT2D eigenvalue weighted by molar-refractivity contribution is 0.168. The third kappa shape index (κ3) is 2.94. The van der Waals surface area contributed by atoms with Gasteiger partial charge in [-0.1, -0.05) is 29.8 Å². The Morgan fingerprint density at radius 3 is 2.56 bits per heavy atom. The normalized spacial score (nSPS) is 12.6. The molecule has 1 aromatic carbocycles. The minimum atomic E-state index is -0.326. The molecule has 0 amide bonds. The van der Waals surface area contributed by atoms with Gasteiger partial charge in [0.1, 0.15) is 0 Å². The molecule has 0 fully saturated rings. The predicted octanol–water partition coefficient (Wildman–Crippen LogP) is 3.72. The van der Waals surface area contributed by atoms with Crippen LogP contribution in [0.4, 0.5) is 0 Å². The molecule has 0 aliphatic heterocycles. The van der Waals surface area contributed by atoms with E-state index in [0.29, 0.717) is 0 Å². The van der Waals surface area contributed by atoms with E-state index in [1.165, 1.54) is 11.1 Å².